The number of aromatic nitrogens is 1. The maximum Gasteiger partial charge on any atom is 0.247 e. The molecule has 2 saturated heterocycles. The number of rotatable bonds is 4. The van der Waals surface area contributed by atoms with Gasteiger partial charge in [0.1, 0.15) is 5.54 Å². The highest BCUT2D eigenvalue weighted by Gasteiger charge is 2.52. The van der Waals surface area contributed by atoms with E-state index < -0.39 is 0 Å². The minimum absolute atomic E-state index is 0.304. The summed E-state index contributed by atoms with van der Waals surface area (Å²) < 4.78 is 0. The lowest BCUT2D eigenvalue weighted by atomic mass is 9.81. The molecule has 1 saturated carbocycles. The number of likely N-dealkylation sites (tertiary alicyclic amines) is 1. The van der Waals surface area contributed by atoms with Crippen LogP contribution in [-0.4, -0.2) is 65.0 Å². The number of anilines is 1. The van der Waals surface area contributed by atoms with Gasteiger partial charge in [-0.1, -0.05) is 0 Å². The summed E-state index contributed by atoms with van der Waals surface area (Å²) in [6.45, 7) is 11.4. The van der Waals surface area contributed by atoms with Crippen LogP contribution >= 0.6 is 0 Å². The van der Waals surface area contributed by atoms with Crippen molar-refractivity contribution in [2.45, 2.75) is 58.0 Å². The van der Waals surface area contributed by atoms with E-state index in [1.807, 2.05) is 30.2 Å². The van der Waals surface area contributed by atoms with Crippen LogP contribution in [0.2, 0.25) is 0 Å². The molecule has 1 aromatic rings. The van der Waals surface area contributed by atoms with Crippen LogP contribution in [0.25, 0.3) is 0 Å². The minimum Gasteiger partial charge on any atom is -0.308 e. The number of carbonyl (C=O) groups excluding carboxylic acids is 1. The van der Waals surface area contributed by atoms with E-state index in [2.05, 4.69) is 28.6 Å². The van der Waals surface area contributed by atoms with Crippen molar-refractivity contribution >= 4 is 11.6 Å². The van der Waals surface area contributed by atoms with E-state index in [1.54, 1.807) is 0 Å². The van der Waals surface area contributed by atoms with Crippen molar-refractivity contribution in [1.82, 2.24) is 14.8 Å². The number of carbonyl (C=O) groups is 1. The molecule has 142 valence electrons. The van der Waals surface area contributed by atoms with Crippen LogP contribution in [0.5, 0.6) is 0 Å². The maximum absolute atomic E-state index is 13.7. The van der Waals surface area contributed by atoms with Crippen molar-refractivity contribution in [3.8, 4) is 0 Å². The summed E-state index contributed by atoms with van der Waals surface area (Å²) >= 11 is 0. The number of hydrogen-bond donors (Lipinski definition) is 0. The molecule has 0 atom stereocenters. The summed E-state index contributed by atoms with van der Waals surface area (Å²) in [7, 11) is 0. The van der Waals surface area contributed by atoms with Crippen molar-refractivity contribution in [3.63, 3.8) is 0 Å². The fourth-order valence-corrected chi connectivity index (χ4v) is 4.61. The molecule has 3 heterocycles. The molecule has 0 N–H and O–H groups in total. The van der Waals surface area contributed by atoms with Crippen LogP contribution in [0, 0.1) is 12.8 Å². The second kappa shape index (κ2) is 6.93. The summed E-state index contributed by atoms with van der Waals surface area (Å²) in [5, 5.41) is 0. The third-order valence-corrected chi connectivity index (χ3v) is 6.58. The first-order chi connectivity index (χ1) is 12.5. The standard InChI is InChI=1S/C21H32N4O/c1-16(2)23-10-8-21(9-11-23)20(26)25(19-7-4-17(3)22-14-19)13-12-24(21)15-18-5-6-18/h4,7,14,16,18H,5-6,8-13,15H2,1-3H3. The van der Waals surface area contributed by atoms with Gasteiger partial charge >= 0.3 is 0 Å². The van der Waals surface area contributed by atoms with Crippen LogP contribution in [0.4, 0.5) is 5.69 Å². The molecule has 1 aliphatic carbocycles. The molecule has 1 amide bonds. The van der Waals surface area contributed by atoms with Gasteiger partial charge in [0.05, 0.1) is 11.9 Å². The topological polar surface area (TPSA) is 39.7 Å². The molecule has 1 aromatic heterocycles. The van der Waals surface area contributed by atoms with Gasteiger partial charge in [0.25, 0.3) is 0 Å². The Labute approximate surface area is 157 Å². The van der Waals surface area contributed by atoms with Gasteiger partial charge in [-0.2, -0.15) is 0 Å². The van der Waals surface area contributed by atoms with Gasteiger partial charge in [0.15, 0.2) is 0 Å². The normalized spacial score (nSPS) is 24.6. The minimum atomic E-state index is -0.308. The Bertz CT molecular complexity index is 644. The summed E-state index contributed by atoms with van der Waals surface area (Å²) in [4.78, 5) is 25.2. The summed E-state index contributed by atoms with van der Waals surface area (Å²) in [5.74, 6) is 1.12. The largest absolute Gasteiger partial charge is 0.308 e. The predicted molar refractivity (Wildman–Crippen MR) is 104 cm³/mol. The lowest BCUT2D eigenvalue weighted by Gasteiger charge is -2.53. The highest BCUT2D eigenvalue weighted by atomic mass is 16.2. The Morgan fingerprint density at radius 2 is 1.88 bits per heavy atom. The molecule has 4 rings (SSSR count). The molecule has 0 unspecified atom stereocenters. The predicted octanol–water partition coefficient (Wildman–Crippen LogP) is 2.69. The molecule has 5 heteroatoms. The van der Waals surface area contributed by atoms with Crippen molar-refractivity contribution in [2.75, 3.05) is 37.6 Å². The SMILES string of the molecule is Cc1ccc(N2CCN(CC3CC3)C3(CCN(C(C)C)CC3)C2=O)cn1. The zero-order valence-electron chi connectivity index (χ0n) is 16.4. The zero-order chi connectivity index (χ0) is 18.3. The first kappa shape index (κ1) is 17.9. The Balaban J connectivity index is 1.59. The molecule has 2 aliphatic heterocycles. The van der Waals surface area contributed by atoms with Crippen LogP contribution < -0.4 is 4.90 Å². The number of pyridine rings is 1. The molecule has 0 radical (unpaired) electrons. The van der Waals surface area contributed by atoms with Crippen LogP contribution in [-0.2, 0) is 4.79 Å². The van der Waals surface area contributed by atoms with Gasteiger partial charge in [-0.05, 0) is 64.5 Å². The molecular weight excluding hydrogens is 324 g/mol. The number of aryl methyl sites for hydroxylation is 1. The molecule has 3 aliphatic rings. The lowest BCUT2D eigenvalue weighted by Crippen LogP contribution is -2.69. The molecule has 26 heavy (non-hydrogen) atoms. The first-order valence-electron chi connectivity index (χ1n) is 10.2. The third kappa shape index (κ3) is 3.27. The van der Waals surface area contributed by atoms with Crippen molar-refractivity contribution < 1.29 is 4.79 Å². The smallest absolute Gasteiger partial charge is 0.247 e. The summed E-state index contributed by atoms with van der Waals surface area (Å²) in [6.07, 6.45) is 6.44. The second-order valence-corrected chi connectivity index (χ2v) is 8.67. The highest BCUT2D eigenvalue weighted by Crippen LogP contribution is 2.39. The van der Waals surface area contributed by atoms with E-state index in [0.29, 0.717) is 11.9 Å². The van der Waals surface area contributed by atoms with Crippen LogP contribution in [0.15, 0.2) is 18.3 Å². The number of hydrogen-bond acceptors (Lipinski definition) is 4. The van der Waals surface area contributed by atoms with Gasteiger partial charge < -0.3 is 9.80 Å². The van der Waals surface area contributed by atoms with Gasteiger partial charge in [-0.15, -0.1) is 0 Å². The zero-order valence-corrected chi connectivity index (χ0v) is 16.4. The Kier molecular flexibility index (Phi) is 4.78. The fourth-order valence-electron chi connectivity index (χ4n) is 4.61. The molecule has 3 fully saturated rings. The fraction of sp³-hybridized carbons (Fsp3) is 0.714. The summed E-state index contributed by atoms with van der Waals surface area (Å²) in [6, 6.07) is 4.61. The van der Waals surface area contributed by atoms with Gasteiger partial charge in [0.2, 0.25) is 5.91 Å². The number of piperidine rings is 1. The average molecular weight is 357 g/mol. The van der Waals surface area contributed by atoms with Crippen molar-refractivity contribution in [1.29, 1.82) is 0 Å². The second-order valence-electron chi connectivity index (χ2n) is 8.67. The molecule has 5 nitrogen and oxygen atoms in total. The van der Waals surface area contributed by atoms with E-state index >= 15 is 0 Å². The van der Waals surface area contributed by atoms with Crippen LogP contribution in [0.3, 0.4) is 0 Å². The lowest BCUT2D eigenvalue weighted by molar-refractivity contribution is -0.138. The van der Waals surface area contributed by atoms with Gasteiger partial charge in [0, 0.05) is 44.5 Å². The van der Waals surface area contributed by atoms with Crippen molar-refractivity contribution in [2.24, 2.45) is 5.92 Å². The quantitative estimate of drug-likeness (QED) is 0.832. The number of piperazine rings is 1. The van der Waals surface area contributed by atoms with E-state index in [0.717, 1.165) is 62.9 Å². The number of nitrogens with zero attached hydrogens (tertiary/aromatic N) is 4. The Morgan fingerprint density at radius 1 is 1.15 bits per heavy atom. The Morgan fingerprint density at radius 3 is 2.46 bits per heavy atom. The molecular formula is C21H32N4O. The van der Waals surface area contributed by atoms with E-state index in [4.69, 9.17) is 0 Å². The highest BCUT2D eigenvalue weighted by molar-refractivity contribution is 6.01. The summed E-state index contributed by atoms with van der Waals surface area (Å²) in [5.41, 5.74) is 1.64. The van der Waals surface area contributed by atoms with E-state index in [9.17, 15) is 4.79 Å². The molecule has 1 spiro atoms. The van der Waals surface area contributed by atoms with Crippen molar-refractivity contribution in [3.05, 3.63) is 24.0 Å². The van der Waals surface area contributed by atoms with Gasteiger partial charge in [-0.3, -0.25) is 14.7 Å². The maximum atomic E-state index is 13.7. The van der Waals surface area contributed by atoms with E-state index in [-0.39, 0.29) is 5.54 Å². The Hall–Kier alpha value is -1.46. The number of amides is 1. The van der Waals surface area contributed by atoms with E-state index in [1.165, 1.54) is 12.8 Å². The van der Waals surface area contributed by atoms with Crippen LogP contribution in [0.1, 0.15) is 45.2 Å². The third-order valence-electron chi connectivity index (χ3n) is 6.58. The molecule has 0 aromatic carbocycles. The van der Waals surface area contributed by atoms with Gasteiger partial charge in [-0.25, -0.2) is 0 Å². The average Bonchev–Trinajstić information content (AvgIpc) is 3.45. The first-order valence-corrected chi connectivity index (χ1v) is 10.2. The monoisotopic (exact) mass is 356 g/mol. The molecule has 0 bridgehead atoms.